The Hall–Kier alpha value is -2.06. The van der Waals surface area contributed by atoms with Gasteiger partial charge in [-0.25, -0.2) is 0 Å². The topological polar surface area (TPSA) is 35.2 Å². The molecule has 0 unspecified atom stereocenters. The molecule has 0 amide bonds. The van der Waals surface area contributed by atoms with Crippen LogP contribution in [-0.2, 0) is 13.0 Å². The van der Waals surface area contributed by atoms with Crippen LogP contribution in [0.2, 0.25) is 0 Å². The zero-order valence-electron chi connectivity index (χ0n) is 11.5. The van der Waals surface area contributed by atoms with E-state index >= 15 is 0 Å². The van der Waals surface area contributed by atoms with Crippen molar-refractivity contribution in [1.82, 2.24) is 0 Å². The summed E-state index contributed by atoms with van der Waals surface area (Å²) < 4.78 is 6.00. The maximum atomic E-state index is 6.00. The number of hydrogen-bond acceptors (Lipinski definition) is 2. The summed E-state index contributed by atoms with van der Waals surface area (Å²) in [6, 6.07) is 16.5. The fourth-order valence-corrected chi connectivity index (χ4v) is 2.68. The van der Waals surface area contributed by atoms with Crippen LogP contribution in [0.5, 0.6) is 5.75 Å². The molecule has 0 aromatic heterocycles. The number of nitrogens with two attached hydrogens (primary N) is 1. The van der Waals surface area contributed by atoms with Crippen molar-refractivity contribution in [2.24, 2.45) is 5.73 Å². The first-order chi connectivity index (χ1) is 9.88. The van der Waals surface area contributed by atoms with Gasteiger partial charge in [-0.1, -0.05) is 48.5 Å². The molecule has 2 heteroatoms. The van der Waals surface area contributed by atoms with E-state index in [1.807, 2.05) is 18.2 Å². The first-order valence-electron chi connectivity index (χ1n) is 7.06. The molecular weight excluding hydrogens is 246 g/mol. The summed E-state index contributed by atoms with van der Waals surface area (Å²) in [6.07, 6.45) is 4.16. The Balaban J connectivity index is 1.76. The lowest BCUT2D eigenvalue weighted by Gasteiger charge is -2.12. The third-order valence-electron chi connectivity index (χ3n) is 3.68. The highest BCUT2D eigenvalue weighted by Gasteiger charge is 2.17. The second-order valence-corrected chi connectivity index (χ2v) is 5.03. The van der Waals surface area contributed by atoms with Crippen LogP contribution in [0, 0.1) is 0 Å². The summed E-state index contributed by atoms with van der Waals surface area (Å²) in [4.78, 5) is 0. The quantitative estimate of drug-likeness (QED) is 0.897. The average Bonchev–Trinajstić information content (AvgIpc) is 2.91. The Morgan fingerprint density at radius 1 is 1.00 bits per heavy atom. The minimum absolute atomic E-state index is 0.615. The predicted octanol–water partition coefficient (Wildman–Crippen LogP) is 3.55. The number of fused-ring (bicyclic) bond motifs is 1. The first kappa shape index (κ1) is 12.9. The smallest absolute Gasteiger partial charge is 0.123 e. The lowest BCUT2D eigenvalue weighted by Crippen LogP contribution is -2.00. The van der Waals surface area contributed by atoms with Crippen LogP contribution in [0.4, 0.5) is 0 Å². The van der Waals surface area contributed by atoms with Crippen LogP contribution in [0.15, 0.2) is 54.6 Å². The van der Waals surface area contributed by atoms with Crippen molar-refractivity contribution in [3.05, 3.63) is 71.3 Å². The summed E-state index contributed by atoms with van der Waals surface area (Å²) in [6.45, 7) is 1.31. The molecule has 0 heterocycles. The third-order valence-corrected chi connectivity index (χ3v) is 3.68. The highest BCUT2D eigenvalue weighted by molar-refractivity contribution is 5.75. The lowest BCUT2D eigenvalue weighted by atomic mass is 10.0. The normalized spacial score (nSPS) is 12.9. The van der Waals surface area contributed by atoms with E-state index in [-0.39, 0.29) is 0 Å². The molecule has 2 N–H and O–H groups in total. The van der Waals surface area contributed by atoms with E-state index in [0.29, 0.717) is 13.2 Å². The Bertz CT molecular complexity index is 617. The van der Waals surface area contributed by atoms with Gasteiger partial charge in [0, 0.05) is 5.56 Å². The Morgan fingerprint density at radius 2 is 1.85 bits per heavy atom. The SMILES string of the molecule is NCCC1=CCc2c(OCc3ccccc3)cccc21. The van der Waals surface area contributed by atoms with E-state index in [4.69, 9.17) is 10.5 Å². The first-order valence-corrected chi connectivity index (χ1v) is 7.06. The van der Waals surface area contributed by atoms with Crippen LogP contribution in [0.25, 0.3) is 5.57 Å². The summed E-state index contributed by atoms with van der Waals surface area (Å²) in [5, 5.41) is 0. The van der Waals surface area contributed by atoms with E-state index in [1.165, 1.54) is 22.3 Å². The number of rotatable bonds is 5. The Labute approximate surface area is 119 Å². The number of hydrogen-bond donors (Lipinski definition) is 1. The highest BCUT2D eigenvalue weighted by atomic mass is 16.5. The summed E-state index contributed by atoms with van der Waals surface area (Å²) in [7, 11) is 0. The molecule has 1 aliphatic carbocycles. The van der Waals surface area contributed by atoms with Crippen LogP contribution in [0.3, 0.4) is 0 Å². The highest BCUT2D eigenvalue weighted by Crippen LogP contribution is 2.35. The van der Waals surface area contributed by atoms with Crippen LogP contribution in [-0.4, -0.2) is 6.54 Å². The van der Waals surface area contributed by atoms with Crippen molar-refractivity contribution in [3.63, 3.8) is 0 Å². The second-order valence-electron chi connectivity index (χ2n) is 5.03. The molecule has 2 nitrogen and oxygen atoms in total. The maximum absolute atomic E-state index is 6.00. The summed E-state index contributed by atoms with van der Waals surface area (Å²) in [5.41, 5.74) is 10.8. The number of allylic oxidation sites excluding steroid dienone is 1. The summed E-state index contributed by atoms with van der Waals surface area (Å²) in [5.74, 6) is 0.995. The van der Waals surface area contributed by atoms with E-state index in [0.717, 1.165) is 18.6 Å². The van der Waals surface area contributed by atoms with E-state index in [1.54, 1.807) is 0 Å². The van der Waals surface area contributed by atoms with Gasteiger partial charge in [0.15, 0.2) is 0 Å². The molecule has 0 fully saturated rings. The van der Waals surface area contributed by atoms with Crippen molar-refractivity contribution < 1.29 is 4.74 Å². The molecule has 2 aromatic rings. The van der Waals surface area contributed by atoms with Gasteiger partial charge < -0.3 is 10.5 Å². The van der Waals surface area contributed by atoms with Crippen LogP contribution >= 0.6 is 0 Å². The van der Waals surface area contributed by atoms with Crippen molar-refractivity contribution in [2.45, 2.75) is 19.4 Å². The minimum Gasteiger partial charge on any atom is -0.489 e. The standard InChI is InChI=1S/C18H19NO/c19-12-11-15-9-10-17-16(15)7-4-8-18(17)20-13-14-5-2-1-3-6-14/h1-9H,10-13,19H2. The van der Waals surface area contributed by atoms with E-state index in [9.17, 15) is 0 Å². The third kappa shape index (κ3) is 2.61. The van der Waals surface area contributed by atoms with Crippen LogP contribution in [0.1, 0.15) is 23.1 Å². The molecule has 2 aromatic carbocycles. The molecule has 0 radical (unpaired) electrons. The monoisotopic (exact) mass is 265 g/mol. The molecule has 3 rings (SSSR count). The Kier molecular flexibility index (Phi) is 3.84. The zero-order valence-corrected chi connectivity index (χ0v) is 11.5. The minimum atomic E-state index is 0.615. The molecule has 0 bridgehead atoms. The fraction of sp³-hybridized carbons (Fsp3) is 0.222. The van der Waals surface area contributed by atoms with Gasteiger partial charge >= 0.3 is 0 Å². The molecule has 102 valence electrons. The number of benzene rings is 2. The molecule has 0 saturated carbocycles. The van der Waals surface area contributed by atoms with Gasteiger partial charge in [-0.2, -0.15) is 0 Å². The average molecular weight is 265 g/mol. The van der Waals surface area contributed by atoms with Gasteiger partial charge in [0.05, 0.1) is 0 Å². The molecule has 20 heavy (non-hydrogen) atoms. The fourth-order valence-electron chi connectivity index (χ4n) is 2.68. The van der Waals surface area contributed by atoms with Gasteiger partial charge in [0.25, 0.3) is 0 Å². The van der Waals surface area contributed by atoms with E-state index in [2.05, 4.69) is 36.4 Å². The molecule has 0 spiro atoms. The molecular formula is C18H19NO. The molecule has 1 aliphatic rings. The number of ether oxygens (including phenoxy) is 1. The lowest BCUT2D eigenvalue weighted by molar-refractivity contribution is 0.303. The van der Waals surface area contributed by atoms with Crippen LogP contribution < -0.4 is 10.5 Å². The molecule has 0 saturated heterocycles. The van der Waals surface area contributed by atoms with Gasteiger partial charge in [0.1, 0.15) is 12.4 Å². The van der Waals surface area contributed by atoms with Crippen molar-refractivity contribution in [2.75, 3.05) is 6.54 Å². The Morgan fingerprint density at radius 3 is 2.65 bits per heavy atom. The van der Waals surface area contributed by atoms with Gasteiger partial charge in [-0.15, -0.1) is 0 Å². The maximum Gasteiger partial charge on any atom is 0.123 e. The van der Waals surface area contributed by atoms with Gasteiger partial charge in [-0.05, 0) is 42.2 Å². The largest absolute Gasteiger partial charge is 0.489 e. The summed E-state index contributed by atoms with van der Waals surface area (Å²) >= 11 is 0. The van der Waals surface area contributed by atoms with Gasteiger partial charge in [0.2, 0.25) is 0 Å². The molecule has 0 atom stereocenters. The predicted molar refractivity (Wildman–Crippen MR) is 82.6 cm³/mol. The van der Waals surface area contributed by atoms with Gasteiger partial charge in [-0.3, -0.25) is 0 Å². The second kappa shape index (κ2) is 5.93. The van der Waals surface area contributed by atoms with Crippen molar-refractivity contribution in [3.8, 4) is 5.75 Å². The van der Waals surface area contributed by atoms with Crippen molar-refractivity contribution in [1.29, 1.82) is 0 Å². The zero-order chi connectivity index (χ0) is 13.8. The van der Waals surface area contributed by atoms with Crippen molar-refractivity contribution >= 4 is 5.57 Å². The molecule has 0 aliphatic heterocycles. The van der Waals surface area contributed by atoms with E-state index < -0.39 is 0 Å².